The van der Waals surface area contributed by atoms with Gasteiger partial charge in [-0.05, 0) is 46.5 Å². The summed E-state index contributed by atoms with van der Waals surface area (Å²) in [5.74, 6) is 1.51. The van der Waals surface area contributed by atoms with Gasteiger partial charge in [-0.1, -0.05) is 57.2 Å². The summed E-state index contributed by atoms with van der Waals surface area (Å²) in [4.78, 5) is 21.6. The summed E-state index contributed by atoms with van der Waals surface area (Å²) in [6.45, 7) is 6.82. The van der Waals surface area contributed by atoms with Crippen LogP contribution in [0, 0.1) is 5.92 Å². The maximum atomic E-state index is 11.9. The molecular weight excluding hydrogens is 415 g/mol. The van der Waals surface area contributed by atoms with Crippen LogP contribution < -0.4 is 16.5 Å². The van der Waals surface area contributed by atoms with E-state index in [1.54, 1.807) is 24.3 Å². The molecule has 33 heavy (non-hydrogen) atoms. The fourth-order valence-corrected chi connectivity index (χ4v) is 4.66. The van der Waals surface area contributed by atoms with Gasteiger partial charge in [-0.2, -0.15) is 0 Å². The summed E-state index contributed by atoms with van der Waals surface area (Å²) in [6.07, 6.45) is 2.64. The van der Waals surface area contributed by atoms with Gasteiger partial charge in [-0.3, -0.25) is 4.79 Å². The first-order valence-corrected chi connectivity index (χ1v) is 11.2. The highest BCUT2D eigenvalue weighted by Crippen LogP contribution is 2.42. The van der Waals surface area contributed by atoms with Crippen LogP contribution in [0.5, 0.6) is 0 Å². The Morgan fingerprint density at radius 2 is 2.00 bits per heavy atom. The van der Waals surface area contributed by atoms with E-state index in [9.17, 15) is 14.8 Å². The topological polar surface area (TPSA) is 121 Å². The van der Waals surface area contributed by atoms with Crippen LogP contribution in [0.2, 0.25) is 0 Å². The molecule has 7 nitrogen and oxygen atoms in total. The second-order valence-electron chi connectivity index (χ2n) is 9.06. The Kier molecular flexibility index (Phi) is 6.49. The first kappa shape index (κ1) is 23.0. The average Bonchev–Trinajstić information content (AvgIpc) is 3.13. The van der Waals surface area contributed by atoms with E-state index in [0.29, 0.717) is 23.4 Å². The van der Waals surface area contributed by atoms with E-state index in [-0.39, 0.29) is 17.8 Å². The molecule has 4 rings (SSSR count). The zero-order valence-electron chi connectivity index (χ0n) is 19.1. The maximum Gasteiger partial charge on any atom is 0.488 e. The van der Waals surface area contributed by atoms with Crippen LogP contribution in [0.3, 0.4) is 0 Å². The minimum Gasteiger partial charge on any atom is -0.423 e. The summed E-state index contributed by atoms with van der Waals surface area (Å²) in [5, 5.41) is 22.3. The van der Waals surface area contributed by atoms with Gasteiger partial charge in [0.05, 0.1) is 0 Å². The number of hydrogen-bond donors (Lipinski definition) is 4. The number of benzene rings is 2. The molecule has 0 aliphatic heterocycles. The molecule has 2 unspecified atom stereocenters. The van der Waals surface area contributed by atoms with E-state index in [0.717, 1.165) is 34.5 Å². The van der Waals surface area contributed by atoms with E-state index in [2.05, 4.69) is 26.1 Å². The predicted molar refractivity (Wildman–Crippen MR) is 129 cm³/mol. The van der Waals surface area contributed by atoms with Gasteiger partial charge in [-0.25, -0.2) is 9.97 Å². The van der Waals surface area contributed by atoms with Gasteiger partial charge in [0.15, 0.2) is 0 Å². The molecule has 2 atom stereocenters. The number of primary amides is 1. The van der Waals surface area contributed by atoms with E-state index in [1.807, 2.05) is 24.4 Å². The Labute approximate surface area is 194 Å². The lowest BCUT2D eigenvalue weighted by atomic mass is 9.79. The minimum absolute atomic E-state index is 0.0195. The number of nitrogens with zero attached hydrogens (tertiary/aromatic N) is 2. The summed E-state index contributed by atoms with van der Waals surface area (Å²) in [7, 11) is -1.50. The molecule has 0 saturated heterocycles. The first-order chi connectivity index (χ1) is 15.8. The van der Waals surface area contributed by atoms with Gasteiger partial charge in [0, 0.05) is 29.8 Å². The van der Waals surface area contributed by atoms with E-state index >= 15 is 0 Å². The lowest BCUT2D eigenvalue weighted by Gasteiger charge is -2.20. The molecule has 1 amide bonds. The summed E-state index contributed by atoms with van der Waals surface area (Å²) in [6, 6.07) is 12.8. The molecule has 1 aliphatic rings. The smallest absolute Gasteiger partial charge is 0.423 e. The molecule has 0 radical (unpaired) electrons. The van der Waals surface area contributed by atoms with Crippen molar-refractivity contribution in [2.45, 2.75) is 45.6 Å². The van der Waals surface area contributed by atoms with Crippen LogP contribution >= 0.6 is 0 Å². The van der Waals surface area contributed by atoms with Crippen molar-refractivity contribution in [2.24, 2.45) is 11.7 Å². The minimum atomic E-state index is -1.50. The summed E-state index contributed by atoms with van der Waals surface area (Å²) in [5.41, 5.74) is 10.6. The van der Waals surface area contributed by atoms with Crippen molar-refractivity contribution in [1.82, 2.24) is 9.97 Å². The van der Waals surface area contributed by atoms with Gasteiger partial charge in [0.2, 0.25) is 5.91 Å². The molecule has 0 spiro atoms. The van der Waals surface area contributed by atoms with Crippen molar-refractivity contribution in [3.63, 3.8) is 0 Å². The normalized spacial score (nSPS) is 17.2. The second kappa shape index (κ2) is 9.33. The van der Waals surface area contributed by atoms with Crippen LogP contribution in [0.4, 0.5) is 5.82 Å². The fourth-order valence-electron chi connectivity index (χ4n) is 4.66. The molecule has 3 aromatic rings. The van der Waals surface area contributed by atoms with Gasteiger partial charge in [0.1, 0.15) is 11.6 Å². The molecule has 0 saturated carbocycles. The number of rotatable bonds is 7. The third-order valence-electron chi connectivity index (χ3n) is 6.35. The van der Waals surface area contributed by atoms with Crippen molar-refractivity contribution < 1.29 is 14.8 Å². The third kappa shape index (κ3) is 4.63. The molecule has 1 aliphatic carbocycles. The SMILES string of the molecule is CC(C)c1cnc(C2c3cccc(C(N)=O)c3CC2C)nc1NCc1cccc(B(O)O)c1. The second-order valence-corrected chi connectivity index (χ2v) is 9.06. The fraction of sp³-hybridized carbons (Fsp3) is 0.320. The molecular formula is C25H29BN4O3. The monoisotopic (exact) mass is 444 g/mol. The number of carbonyl (C=O) groups excluding carboxylic acids is 1. The van der Waals surface area contributed by atoms with Crippen molar-refractivity contribution in [3.8, 4) is 0 Å². The van der Waals surface area contributed by atoms with Crippen molar-refractivity contribution in [2.75, 3.05) is 5.32 Å². The predicted octanol–water partition coefficient (Wildman–Crippen LogP) is 2.31. The highest BCUT2D eigenvalue weighted by molar-refractivity contribution is 6.58. The molecule has 0 bridgehead atoms. The molecule has 1 heterocycles. The highest BCUT2D eigenvalue weighted by atomic mass is 16.4. The Morgan fingerprint density at radius 1 is 1.24 bits per heavy atom. The maximum absolute atomic E-state index is 11.9. The van der Waals surface area contributed by atoms with Crippen molar-refractivity contribution in [3.05, 3.63) is 82.3 Å². The van der Waals surface area contributed by atoms with Crippen LogP contribution in [0.15, 0.2) is 48.7 Å². The van der Waals surface area contributed by atoms with E-state index in [4.69, 9.17) is 15.7 Å². The average molecular weight is 444 g/mol. The lowest BCUT2D eigenvalue weighted by molar-refractivity contribution is 0.0999. The van der Waals surface area contributed by atoms with Crippen molar-refractivity contribution in [1.29, 1.82) is 0 Å². The number of anilines is 1. The number of amides is 1. The Morgan fingerprint density at radius 3 is 2.70 bits per heavy atom. The zero-order valence-corrected chi connectivity index (χ0v) is 19.1. The van der Waals surface area contributed by atoms with Gasteiger partial charge in [0.25, 0.3) is 0 Å². The molecule has 0 fully saturated rings. The van der Waals surface area contributed by atoms with Crippen LogP contribution in [0.1, 0.15) is 71.0 Å². The van der Waals surface area contributed by atoms with Crippen LogP contribution in [0.25, 0.3) is 0 Å². The molecule has 8 heteroatoms. The van der Waals surface area contributed by atoms with Gasteiger partial charge in [-0.15, -0.1) is 0 Å². The number of nitrogens with two attached hydrogens (primary N) is 1. The Hall–Kier alpha value is -3.23. The van der Waals surface area contributed by atoms with Gasteiger partial charge < -0.3 is 21.1 Å². The molecule has 2 aromatic carbocycles. The van der Waals surface area contributed by atoms with Crippen LogP contribution in [-0.4, -0.2) is 33.0 Å². The summed E-state index contributed by atoms with van der Waals surface area (Å²) < 4.78 is 0. The number of aromatic nitrogens is 2. The van der Waals surface area contributed by atoms with E-state index in [1.165, 1.54) is 0 Å². The first-order valence-electron chi connectivity index (χ1n) is 11.2. The Bertz CT molecular complexity index is 1180. The molecule has 1 aromatic heterocycles. The summed E-state index contributed by atoms with van der Waals surface area (Å²) >= 11 is 0. The number of fused-ring (bicyclic) bond motifs is 1. The number of hydrogen-bond acceptors (Lipinski definition) is 6. The standard InChI is InChI=1S/C25H29BN4O3/c1-14(2)21-13-29-25(22-15(3)10-20-18(22)8-5-9-19(20)23(27)31)30-24(21)28-12-16-6-4-7-17(11-16)26(32)33/h4-9,11,13-15,22,32-33H,10,12H2,1-3H3,(H2,27,31)(H,28,29,30). The lowest BCUT2D eigenvalue weighted by Crippen LogP contribution is -2.30. The zero-order chi connectivity index (χ0) is 23.7. The largest absolute Gasteiger partial charge is 0.488 e. The van der Waals surface area contributed by atoms with Gasteiger partial charge >= 0.3 is 7.12 Å². The third-order valence-corrected chi connectivity index (χ3v) is 6.35. The van der Waals surface area contributed by atoms with Crippen molar-refractivity contribution >= 4 is 24.3 Å². The highest BCUT2D eigenvalue weighted by Gasteiger charge is 2.35. The molecule has 5 N–H and O–H groups in total. The van der Waals surface area contributed by atoms with E-state index < -0.39 is 13.0 Å². The molecule has 170 valence electrons. The van der Waals surface area contributed by atoms with Crippen LogP contribution in [-0.2, 0) is 13.0 Å². The number of carbonyl (C=O) groups is 1. The number of nitrogens with one attached hydrogen (secondary N) is 1. The quantitative estimate of drug-likeness (QED) is 0.415. The Balaban J connectivity index is 1.67.